The fraction of sp³-hybridized carbons (Fsp3) is 0.200. The second-order valence-corrected chi connectivity index (χ2v) is 1.96. The summed E-state index contributed by atoms with van der Waals surface area (Å²) in [5.74, 6) is -0.119. The molecule has 1 amide bonds. The Hall–Kier alpha value is -1.16. The highest BCUT2D eigenvalue weighted by atomic mass is 16.2. The number of amides is 1. The third-order valence-corrected chi connectivity index (χ3v) is 1.39. The van der Waals surface area contributed by atoms with Crippen molar-refractivity contribution in [2.45, 2.75) is 6.04 Å². The van der Waals surface area contributed by atoms with E-state index in [9.17, 15) is 4.79 Å². The van der Waals surface area contributed by atoms with Gasteiger partial charge in [0.1, 0.15) is 6.04 Å². The number of carbonyl (C=O) groups is 1. The van der Waals surface area contributed by atoms with E-state index in [0.29, 0.717) is 0 Å². The second kappa shape index (κ2) is 1.41. The summed E-state index contributed by atoms with van der Waals surface area (Å²) in [7, 11) is 0. The lowest BCUT2D eigenvalue weighted by molar-refractivity contribution is -0.118. The molecule has 46 valence electrons. The lowest BCUT2D eigenvalue weighted by Crippen LogP contribution is -2.35. The smallest absolute Gasteiger partial charge is 0.269 e. The Kier molecular flexibility index (Phi) is 0.738. The van der Waals surface area contributed by atoms with Crippen LogP contribution in [0.25, 0.3) is 0 Å². The predicted octanol–water partition coefficient (Wildman–Crippen LogP) is -1.04. The average molecular weight is 123 g/mol. The van der Waals surface area contributed by atoms with Gasteiger partial charge in [-0.15, -0.1) is 0 Å². The van der Waals surface area contributed by atoms with Crippen molar-refractivity contribution in [3.8, 4) is 0 Å². The molecule has 0 aromatic carbocycles. The molecule has 0 saturated carbocycles. The predicted molar refractivity (Wildman–Crippen MR) is 31.6 cm³/mol. The zero-order valence-corrected chi connectivity index (χ0v) is 4.59. The Morgan fingerprint density at radius 3 is 3.33 bits per heavy atom. The molecule has 4 nitrogen and oxygen atoms in total. The molecular weight excluding hydrogens is 118 g/mol. The fourth-order valence-corrected chi connectivity index (χ4v) is 0.904. The van der Waals surface area contributed by atoms with Crippen molar-refractivity contribution in [3.05, 3.63) is 11.8 Å². The number of nitrogens with zero attached hydrogens (tertiary/aromatic N) is 1. The topological polar surface area (TPSA) is 53.5 Å². The molecule has 2 aliphatic rings. The molecule has 0 spiro atoms. The highest BCUT2D eigenvalue weighted by Crippen LogP contribution is 2.10. The third kappa shape index (κ3) is 0.503. The van der Waals surface area contributed by atoms with Gasteiger partial charge in [-0.25, -0.2) is 10.4 Å². The van der Waals surface area contributed by atoms with Crippen LogP contribution in [0, 0.1) is 0 Å². The molecule has 0 aromatic rings. The van der Waals surface area contributed by atoms with Crippen molar-refractivity contribution >= 4 is 12.1 Å². The molecule has 0 saturated heterocycles. The zero-order valence-electron chi connectivity index (χ0n) is 4.59. The summed E-state index contributed by atoms with van der Waals surface area (Å²) in [6.07, 6.45) is 3.30. The molecule has 0 aromatic heterocycles. The highest BCUT2D eigenvalue weighted by molar-refractivity contribution is 6.07. The van der Waals surface area contributed by atoms with Gasteiger partial charge in [-0.05, 0) is 0 Å². The molecule has 1 unspecified atom stereocenters. The van der Waals surface area contributed by atoms with E-state index >= 15 is 0 Å². The van der Waals surface area contributed by atoms with E-state index in [4.69, 9.17) is 0 Å². The van der Waals surface area contributed by atoms with Crippen molar-refractivity contribution in [1.82, 2.24) is 10.9 Å². The summed E-state index contributed by atoms with van der Waals surface area (Å²) < 4.78 is 0. The molecular formula is C5H5N3O. The summed E-state index contributed by atoms with van der Waals surface area (Å²) in [5, 5.41) is 0. The van der Waals surface area contributed by atoms with Crippen molar-refractivity contribution in [2.24, 2.45) is 4.99 Å². The Balaban J connectivity index is 2.39. The van der Waals surface area contributed by atoms with Gasteiger partial charge in [0, 0.05) is 18.0 Å². The Bertz CT molecular complexity index is 215. The molecule has 2 N–H and O–H groups in total. The maximum Gasteiger partial charge on any atom is 0.269 e. The van der Waals surface area contributed by atoms with Crippen LogP contribution in [-0.4, -0.2) is 18.2 Å². The summed E-state index contributed by atoms with van der Waals surface area (Å²) in [6.45, 7) is 0. The first-order valence-electron chi connectivity index (χ1n) is 2.67. The average Bonchev–Trinajstić information content (AvgIpc) is 2.35. The minimum Gasteiger partial charge on any atom is -0.327 e. The highest BCUT2D eigenvalue weighted by Gasteiger charge is 2.28. The fourth-order valence-electron chi connectivity index (χ4n) is 0.904. The summed E-state index contributed by atoms with van der Waals surface area (Å²) >= 11 is 0. The van der Waals surface area contributed by atoms with Crippen molar-refractivity contribution in [3.63, 3.8) is 0 Å². The monoisotopic (exact) mass is 123 g/mol. The zero-order chi connectivity index (χ0) is 6.27. The number of fused-ring (bicyclic) bond motifs is 1. The molecule has 1 atom stereocenters. The van der Waals surface area contributed by atoms with Crippen molar-refractivity contribution < 1.29 is 4.79 Å². The van der Waals surface area contributed by atoms with Crippen molar-refractivity contribution in [2.75, 3.05) is 0 Å². The third-order valence-electron chi connectivity index (χ3n) is 1.39. The Morgan fingerprint density at radius 1 is 1.67 bits per heavy atom. The molecule has 4 heteroatoms. The first-order chi connectivity index (χ1) is 4.38. The number of rotatable bonds is 0. The van der Waals surface area contributed by atoms with E-state index in [2.05, 4.69) is 15.8 Å². The standard InChI is InChI=1S/C5H5N3O/c9-5-4-3(1-6-5)2-7-8-4/h1-2,4,7-8H. The van der Waals surface area contributed by atoms with E-state index in [0.717, 1.165) is 5.57 Å². The van der Waals surface area contributed by atoms with Crippen LogP contribution in [0.5, 0.6) is 0 Å². The number of hydrazine groups is 1. The minimum absolute atomic E-state index is 0.119. The van der Waals surface area contributed by atoms with E-state index in [-0.39, 0.29) is 11.9 Å². The quantitative estimate of drug-likeness (QED) is 0.432. The molecule has 9 heavy (non-hydrogen) atoms. The largest absolute Gasteiger partial charge is 0.327 e. The first kappa shape index (κ1) is 4.69. The number of hydrogen-bond acceptors (Lipinski definition) is 3. The van der Waals surface area contributed by atoms with Crippen LogP contribution in [0.2, 0.25) is 0 Å². The van der Waals surface area contributed by atoms with Gasteiger partial charge < -0.3 is 5.43 Å². The van der Waals surface area contributed by atoms with Gasteiger partial charge in [-0.3, -0.25) is 4.79 Å². The van der Waals surface area contributed by atoms with Crippen LogP contribution in [0.1, 0.15) is 0 Å². The van der Waals surface area contributed by atoms with Crippen LogP contribution in [-0.2, 0) is 4.79 Å². The maximum atomic E-state index is 10.7. The van der Waals surface area contributed by atoms with Gasteiger partial charge in [0.15, 0.2) is 0 Å². The van der Waals surface area contributed by atoms with Gasteiger partial charge >= 0.3 is 0 Å². The SMILES string of the molecule is O=C1N=CC2=CNNC12. The molecule has 2 heterocycles. The molecule has 0 aliphatic carbocycles. The number of aliphatic imine (C=N–C) groups is 1. The second-order valence-electron chi connectivity index (χ2n) is 1.96. The Labute approximate surface area is 51.6 Å². The van der Waals surface area contributed by atoms with Crippen LogP contribution >= 0.6 is 0 Å². The molecule has 2 rings (SSSR count). The van der Waals surface area contributed by atoms with Crippen molar-refractivity contribution in [1.29, 1.82) is 0 Å². The number of nitrogens with one attached hydrogen (secondary N) is 2. The Morgan fingerprint density at radius 2 is 2.56 bits per heavy atom. The number of carbonyl (C=O) groups excluding carboxylic acids is 1. The van der Waals surface area contributed by atoms with Gasteiger partial charge in [0.25, 0.3) is 5.91 Å². The first-order valence-corrected chi connectivity index (χ1v) is 2.67. The van der Waals surface area contributed by atoms with E-state index < -0.39 is 0 Å². The minimum atomic E-state index is -0.218. The van der Waals surface area contributed by atoms with Gasteiger partial charge in [-0.1, -0.05) is 0 Å². The molecule has 0 bridgehead atoms. The van der Waals surface area contributed by atoms with Crippen LogP contribution in [0.3, 0.4) is 0 Å². The number of hydrogen-bond donors (Lipinski definition) is 2. The van der Waals surface area contributed by atoms with Gasteiger partial charge in [-0.2, -0.15) is 0 Å². The molecule has 0 radical (unpaired) electrons. The normalized spacial score (nSPS) is 30.0. The van der Waals surface area contributed by atoms with Crippen LogP contribution in [0.4, 0.5) is 0 Å². The summed E-state index contributed by atoms with van der Waals surface area (Å²) in [6, 6.07) is -0.218. The molecule has 0 fully saturated rings. The van der Waals surface area contributed by atoms with E-state index in [1.807, 2.05) is 0 Å². The van der Waals surface area contributed by atoms with E-state index in [1.165, 1.54) is 0 Å². The summed E-state index contributed by atoms with van der Waals surface area (Å²) in [5.41, 5.74) is 6.40. The molecule has 2 aliphatic heterocycles. The van der Waals surface area contributed by atoms with Gasteiger partial charge in [0.05, 0.1) is 0 Å². The van der Waals surface area contributed by atoms with E-state index in [1.54, 1.807) is 12.4 Å². The van der Waals surface area contributed by atoms with Crippen LogP contribution in [0.15, 0.2) is 16.8 Å². The van der Waals surface area contributed by atoms with Gasteiger partial charge in [0.2, 0.25) is 0 Å². The van der Waals surface area contributed by atoms with Crippen LogP contribution < -0.4 is 10.9 Å². The summed E-state index contributed by atoms with van der Waals surface area (Å²) in [4.78, 5) is 14.3. The lowest BCUT2D eigenvalue weighted by Gasteiger charge is -1.99. The lowest BCUT2D eigenvalue weighted by atomic mass is 10.2. The maximum absolute atomic E-state index is 10.7.